The van der Waals surface area contributed by atoms with E-state index in [2.05, 4.69) is 12.2 Å². The highest BCUT2D eigenvalue weighted by Gasteiger charge is 2.49. The Kier molecular flexibility index (Phi) is 6.20. The molecule has 9 unspecified atom stereocenters. The Labute approximate surface area is 164 Å². The van der Waals surface area contributed by atoms with Crippen LogP contribution in [-0.4, -0.2) is 36.0 Å². The normalized spacial score (nSPS) is 50.1. The molecule has 0 aromatic rings. The maximum atomic E-state index is 10.8. The van der Waals surface area contributed by atoms with Crippen LogP contribution >= 0.6 is 11.6 Å². The van der Waals surface area contributed by atoms with Gasteiger partial charge in [-0.05, 0) is 68.1 Å². The summed E-state index contributed by atoms with van der Waals surface area (Å²) < 4.78 is 5.89. The summed E-state index contributed by atoms with van der Waals surface area (Å²) in [5.41, 5.74) is 0. The predicted molar refractivity (Wildman–Crippen MR) is 106 cm³/mol. The van der Waals surface area contributed by atoms with Crippen molar-refractivity contribution in [1.29, 1.82) is 0 Å². The van der Waals surface area contributed by atoms with Gasteiger partial charge in [-0.15, -0.1) is 11.6 Å². The molecule has 3 nitrogen and oxygen atoms in total. The lowest BCUT2D eigenvalue weighted by atomic mass is 9.66. The number of ether oxygens (including phenoxy) is 1. The summed E-state index contributed by atoms with van der Waals surface area (Å²) in [7, 11) is 1.91. The third kappa shape index (κ3) is 3.71. The van der Waals surface area contributed by atoms with Gasteiger partial charge >= 0.3 is 0 Å². The van der Waals surface area contributed by atoms with Gasteiger partial charge in [0.05, 0.1) is 6.10 Å². The van der Waals surface area contributed by atoms with Crippen molar-refractivity contribution in [2.24, 2.45) is 35.5 Å². The second-order valence-electron chi connectivity index (χ2n) is 9.81. The van der Waals surface area contributed by atoms with E-state index in [9.17, 15) is 5.11 Å². The number of hydrogen-bond donors (Lipinski definition) is 2. The lowest BCUT2D eigenvalue weighted by Gasteiger charge is -2.42. The quantitative estimate of drug-likeness (QED) is 0.699. The van der Waals surface area contributed by atoms with E-state index < -0.39 is 0 Å². The molecular weight excluding hydrogens is 346 g/mol. The van der Waals surface area contributed by atoms with Gasteiger partial charge < -0.3 is 9.84 Å². The van der Waals surface area contributed by atoms with Crippen LogP contribution in [0.15, 0.2) is 0 Å². The highest BCUT2D eigenvalue weighted by molar-refractivity contribution is 6.20. The first-order chi connectivity index (χ1) is 12.6. The predicted octanol–water partition coefficient (Wildman–Crippen LogP) is 4.56. The molecule has 0 aromatic carbocycles. The first-order valence-corrected chi connectivity index (χ1v) is 11.6. The van der Waals surface area contributed by atoms with Crippen LogP contribution in [0.2, 0.25) is 0 Å². The summed E-state index contributed by atoms with van der Waals surface area (Å²) in [5.74, 6) is 3.80. The number of methoxy groups -OCH3 is 1. The third-order valence-corrected chi connectivity index (χ3v) is 9.15. The highest BCUT2D eigenvalue weighted by atomic mass is 35.5. The smallest absolute Gasteiger partial charge is 0.108 e. The number of aliphatic hydroxyl groups excluding tert-OH is 1. The molecular formula is C22H38ClNO2. The van der Waals surface area contributed by atoms with Crippen molar-refractivity contribution < 1.29 is 9.84 Å². The van der Waals surface area contributed by atoms with Crippen LogP contribution in [0.4, 0.5) is 0 Å². The maximum Gasteiger partial charge on any atom is 0.108 e. The molecule has 0 radical (unpaired) electrons. The largest absolute Gasteiger partial charge is 0.381 e. The average molecular weight is 384 g/mol. The van der Waals surface area contributed by atoms with Gasteiger partial charge in [0.1, 0.15) is 6.23 Å². The Morgan fingerprint density at radius 1 is 1.08 bits per heavy atom. The van der Waals surface area contributed by atoms with E-state index in [0.29, 0.717) is 29.9 Å². The molecule has 1 saturated heterocycles. The van der Waals surface area contributed by atoms with Gasteiger partial charge in [-0.1, -0.05) is 32.6 Å². The molecule has 4 heteroatoms. The number of nitrogens with one attached hydrogen (secondary N) is 1. The number of fused-ring (bicyclic) bond motifs is 1. The van der Waals surface area contributed by atoms with Crippen molar-refractivity contribution in [3.05, 3.63) is 0 Å². The first kappa shape index (κ1) is 19.5. The summed E-state index contributed by atoms with van der Waals surface area (Å²) in [6.45, 7) is 2.31. The van der Waals surface area contributed by atoms with E-state index in [4.69, 9.17) is 16.3 Å². The van der Waals surface area contributed by atoms with Crippen molar-refractivity contribution in [3.8, 4) is 0 Å². The standard InChI is InChI=1S/C22H38ClNO2/c1-13-18(23)8-9-19-21(13)17(22(25)24-19)12-14-7-10-20(26-2)16(11-14)15-5-3-4-6-15/h13-22,24-25H,3-12H2,1-2H3. The van der Waals surface area contributed by atoms with Crippen LogP contribution in [0.25, 0.3) is 0 Å². The van der Waals surface area contributed by atoms with Crippen molar-refractivity contribution in [2.75, 3.05) is 7.11 Å². The van der Waals surface area contributed by atoms with Crippen LogP contribution in [-0.2, 0) is 4.74 Å². The van der Waals surface area contributed by atoms with E-state index in [1.54, 1.807) is 0 Å². The van der Waals surface area contributed by atoms with Gasteiger partial charge in [0, 0.05) is 24.4 Å². The number of halogens is 1. The Hall–Kier alpha value is 0.170. The SMILES string of the molecule is COC1CCC(CC2C(O)NC3CCC(Cl)C(C)C32)CC1C1CCCC1. The van der Waals surface area contributed by atoms with E-state index in [1.165, 1.54) is 51.4 Å². The number of alkyl halides is 1. The zero-order chi connectivity index (χ0) is 18.3. The molecule has 4 aliphatic rings. The molecule has 0 bridgehead atoms. The van der Waals surface area contributed by atoms with Crippen molar-refractivity contribution in [3.63, 3.8) is 0 Å². The summed E-state index contributed by atoms with van der Waals surface area (Å²) >= 11 is 6.61. The minimum atomic E-state index is -0.334. The van der Waals surface area contributed by atoms with Crippen LogP contribution in [0, 0.1) is 35.5 Å². The lowest BCUT2D eigenvalue weighted by Crippen LogP contribution is -2.41. The van der Waals surface area contributed by atoms with Crippen molar-refractivity contribution >= 4 is 11.6 Å². The minimum Gasteiger partial charge on any atom is -0.381 e. The number of aliphatic hydroxyl groups is 1. The van der Waals surface area contributed by atoms with Gasteiger partial charge in [0.25, 0.3) is 0 Å². The molecule has 0 aromatic heterocycles. The molecule has 0 spiro atoms. The van der Waals surface area contributed by atoms with Gasteiger partial charge in [-0.25, -0.2) is 0 Å². The fourth-order valence-electron chi connectivity index (χ4n) is 7.17. The zero-order valence-corrected chi connectivity index (χ0v) is 17.3. The topological polar surface area (TPSA) is 41.5 Å². The molecule has 0 amide bonds. The summed E-state index contributed by atoms with van der Waals surface area (Å²) in [4.78, 5) is 0. The van der Waals surface area contributed by atoms with E-state index in [-0.39, 0.29) is 11.6 Å². The van der Waals surface area contributed by atoms with Gasteiger partial charge in [-0.2, -0.15) is 0 Å². The molecule has 4 fully saturated rings. The number of rotatable bonds is 4. The van der Waals surface area contributed by atoms with Crippen molar-refractivity contribution in [1.82, 2.24) is 5.32 Å². The van der Waals surface area contributed by atoms with Crippen LogP contribution in [0.3, 0.4) is 0 Å². The lowest BCUT2D eigenvalue weighted by molar-refractivity contribution is -0.0252. The zero-order valence-electron chi connectivity index (χ0n) is 16.6. The molecule has 26 heavy (non-hydrogen) atoms. The monoisotopic (exact) mass is 383 g/mol. The fraction of sp³-hybridized carbons (Fsp3) is 1.00. The Morgan fingerprint density at radius 2 is 1.85 bits per heavy atom. The Balaban J connectivity index is 1.42. The van der Waals surface area contributed by atoms with Gasteiger partial charge in [0.15, 0.2) is 0 Å². The molecule has 4 rings (SSSR count). The summed E-state index contributed by atoms with van der Waals surface area (Å²) in [5, 5.41) is 14.5. The second-order valence-corrected chi connectivity index (χ2v) is 10.4. The molecule has 1 aliphatic heterocycles. The van der Waals surface area contributed by atoms with Crippen LogP contribution < -0.4 is 5.32 Å². The molecule has 9 atom stereocenters. The summed E-state index contributed by atoms with van der Waals surface area (Å²) in [6, 6.07) is 0.473. The van der Waals surface area contributed by atoms with Crippen LogP contribution in [0.1, 0.15) is 71.1 Å². The fourth-order valence-corrected chi connectivity index (χ4v) is 7.46. The highest BCUT2D eigenvalue weighted by Crippen LogP contribution is 2.48. The molecule has 1 heterocycles. The molecule has 2 N–H and O–H groups in total. The minimum absolute atomic E-state index is 0.279. The first-order valence-electron chi connectivity index (χ1n) is 11.2. The van der Waals surface area contributed by atoms with Crippen molar-refractivity contribution in [2.45, 2.75) is 94.9 Å². The molecule has 3 saturated carbocycles. The van der Waals surface area contributed by atoms with E-state index in [1.807, 2.05) is 7.11 Å². The van der Waals surface area contributed by atoms with Gasteiger partial charge in [0.2, 0.25) is 0 Å². The molecule has 3 aliphatic carbocycles. The van der Waals surface area contributed by atoms with E-state index in [0.717, 1.165) is 30.6 Å². The van der Waals surface area contributed by atoms with Gasteiger partial charge in [-0.3, -0.25) is 5.32 Å². The third-order valence-electron chi connectivity index (χ3n) is 8.54. The van der Waals surface area contributed by atoms with E-state index >= 15 is 0 Å². The Morgan fingerprint density at radius 3 is 2.58 bits per heavy atom. The number of hydrogen-bond acceptors (Lipinski definition) is 3. The summed E-state index contributed by atoms with van der Waals surface area (Å²) in [6.07, 6.45) is 12.9. The molecule has 150 valence electrons. The second kappa shape index (κ2) is 8.27. The maximum absolute atomic E-state index is 10.8. The Bertz CT molecular complexity index is 465. The van der Waals surface area contributed by atoms with Crippen LogP contribution in [0.5, 0.6) is 0 Å². The average Bonchev–Trinajstić information content (AvgIpc) is 3.27.